The maximum atomic E-state index is 13.7. The number of nitrogens with one attached hydrogen (secondary N) is 3. The number of nitrogens with zero attached hydrogens (tertiary/aromatic N) is 1. The van der Waals surface area contributed by atoms with Crippen LogP contribution in [-0.4, -0.2) is 49.4 Å². The Balaban J connectivity index is 1.64. The predicted molar refractivity (Wildman–Crippen MR) is 140 cm³/mol. The van der Waals surface area contributed by atoms with Gasteiger partial charge in [0.2, 0.25) is 17.7 Å². The second-order valence-corrected chi connectivity index (χ2v) is 8.85. The first-order valence-corrected chi connectivity index (χ1v) is 12.4. The zero-order valence-electron chi connectivity index (χ0n) is 21.0. The van der Waals surface area contributed by atoms with E-state index in [1.54, 1.807) is 54.6 Å². The molecule has 10 nitrogen and oxygen atoms in total. The SMILES string of the molecule is CC(=O)Nc1ccc(N(C(=O)CNC(=O)c2ccco2)[C@H](C(=O)NC[C@H]2CCCO2)c2ccccc2)cc1. The van der Waals surface area contributed by atoms with E-state index in [-0.39, 0.29) is 30.2 Å². The van der Waals surface area contributed by atoms with Crippen LogP contribution in [0, 0.1) is 0 Å². The van der Waals surface area contributed by atoms with Gasteiger partial charge in [-0.25, -0.2) is 0 Å². The van der Waals surface area contributed by atoms with E-state index < -0.39 is 17.9 Å². The normalized spacial score (nSPS) is 15.3. The predicted octanol–water partition coefficient (Wildman–Crippen LogP) is 3.04. The Kier molecular flexibility index (Phi) is 8.89. The summed E-state index contributed by atoms with van der Waals surface area (Å²) in [5.74, 6) is -1.62. The summed E-state index contributed by atoms with van der Waals surface area (Å²) in [4.78, 5) is 52.5. The highest BCUT2D eigenvalue weighted by molar-refractivity contribution is 6.04. The molecule has 0 radical (unpaired) electrons. The van der Waals surface area contributed by atoms with E-state index in [9.17, 15) is 19.2 Å². The quantitative estimate of drug-likeness (QED) is 0.378. The number of carbonyl (C=O) groups excluding carboxylic acids is 4. The van der Waals surface area contributed by atoms with Crippen LogP contribution >= 0.6 is 0 Å². The first kappa shape index (κ1) is 26.6. The lowest BCUT2D eigenvalue weighted by Crippen LogP contribution is -2.48. The highest BCUT2D eigenvalue weighted by atomic mass is 16.5. The van der Waals surface area contributed by atoms with Crippen LogP contribution in [0.3, 0.4) is 0 Å². The molecule has 2 atom stereocenters. The molecule has 0 spiro atoms. The summed E-state index contributed by atoms with van der Waals surface area (Å²) < 4.78 is 10.7. The Bertz CT molecular complexity index is 1240. The first-order chi connectivity index (χ1) is 18.4. The Morgan fingerprint density at radius 3 is 2.37 bits per heavy atom. The summed E-state index contributed by atoms with van der Waals surface area (Å²) in [5, 5.41) is 8.19. The summed E-state index contributed by atoms with van der Waals surface area (Å²) in [5.41, 5.74) is 1.55. The number of benzene rings is 2. The number of rotatable bonds is 10. The van der Waals surface area contributed by atoms with Crippen LogP contribution in [-0.2, 0) is 19.1 Å². The van der Waals surface area contributed by atoms with Crippen LogP contribution in [0.5, 0.6) is 0 Å². The number of furan rings is 1. The fourth-order valence-electron chi connectivity index (χ4n) is 4.25. The topological polar surface area (TPSA) is 130 Å². The molecule has 0 bridgehead atoms. The number of amides is 4. The molecule has 1 aromatic heterocycles. The number of hydrogen-bond donors (Lipinski definition) is 3. The van der Waals surface area contributed by atoms with Crippen LogP contribution in [0.4, 0.5) is 11.4 Å². The largest absolute Gasteiger partial charge is 0.459 e. The van der Waals surface area contributed by atoms with Gasteiger partial charge in [-0.15, -0.1) is 0 Å². The van der Waals surface area contributed by atoms with Crippen LogP contribution < -0.4 is 20.9 Å². The van der Waals surface area contributed by atoms with Crippen molar-refractivity contribution >= 4 is 35.0 Å². The van der Waals surface area contributed by atoms with Crippen LogP contribution in [0.15, 0.2) is 77.4 Å². The number of hydrogen-bond acceptors (Lipinski definition) is 6. The third kappa shape index (κ3) is 6.86. The minimum absolute atomic E-state index is 0.0675. The molecular formula is C28H30N4O6. The fraction of sp³-hybridized carbons (Fsp3) is 0.286. The van der Waals surface area contributed by atoms with Gasteiger partial charge in [0, 0.05) is 31.5 Å². The molecule has 2 aromatic carbocycles. The lowest BCUT2D eigenvalue weighted by molar-refractivity contribution is -0.126. The van der Waals surface area contributed by atoms with Crippen molar-refractivity contribution in [3.8, 4) is 0 Å². The van der Waals surface area contributed by atoms with E-state index in [0.29, 0.717) is 30.1 Å². The van der Waals surface area contributed by atoms with Crippen molar-refractivity contribution in [3.05, 3.63) is 84.3 Å². The molecule has 1 aliphatic rings. The molecule has 10 heteroatoms. The highest BCUT2D eigenvalue weighted by Gasteiger charge is 2.33. The van der Waals surface area contributed by atoms with Crippen LogP contribution in [0.2, 0.25) is 0 Å². The van der Waals surface area contributed by atoms with Crippen molar-refractivity contribution in [1.29, 1.82) is 0 Å². The lowest BCUT2D eigenvalue weighted by atomic mass is 10.0. The fourth-order valence-corrected chi connectivity index (χ4v) is 4.25. The molecule has 4 rings (SSSR count). The van der Waals surface area contributed by atoms with Gasteiger partial charge in [-0.05, 0) is 54.8 Å². The molecule has 4 amide bonds. The molecular weight excluding hydrogens is 488 g/mol. The van der Waals surface area contributed by atoms with Gasteiger partial charge in [0.15, 0.2) is 5.76 Å². The molecule has 1 aliphatic heterocycles. The Labute approximate surface area is 220 Å². The van der Waals surface area contributed by atoms with E-state index in [4.69, 9.17) is 9.15 Å². The minimum atomic E-state index is -1.03. The molecule has 3 aromatic rings. The van der Waals surface area contributed by atoms with Gasteiger partial charge in [0.05, 0.1) is 18.9 Å². The van der Waals surface area contributed by atoms with E-state index in [0.717, 1.165) is 12.8 Å². The smallest absolute Gasteiger partial charge is 0.287 e. The van der Waals surface area contributed by atoms with Crippen LogP contribution in [0.25, 0.3) is 0 Å². The molecule has 0 unspecified atom stereocenters. The molecule has 38 heavy (non-hydrogen) atoms. The minimum Gasteiger partial charge on any atom is -0.459 e. The molecule has 1 saturated heterocycles. The van der Waals surface area contributed by atoms with Crippen molar-refractivity contribution in [3.63, 3.8) is 0 Å². The van der Waals surface area contributed by atoms with Gasteiger partial charge in [-0.1, -0.05) is 30.3 Å². The molecule has 198 valence electrons. The van der Waals surface area contributed by atoms with E-state index in [1.807, 2.05) is 6.07 Å². The monoisotopic (exact) mass is 518 g/mol. The standard InChI is InChI=1S/C28H30N4O6/c1-19(33)31-21-11-13-22(14-12-21)32(25(34)18-30-27(35)24-10-6-16-38-24)26(20-7-3-2-4-8-20)28(36)29-17-23-9-5-15-37-23/h2-4,6-8,10-14,16,23,26H,5,9,15,17-18H2,1H3,(H,29,36)(H,30,35)(H,31,33)/t23-,26+/m1/s1. The third-order valence-corrected chi connectivity index (χ3v) is 6.03. The number of ether oxygens (including phenoxy) is 1. The van der Waals surface area contributed by atoms with Gasteiger partial charge < -0.3 is 25.1 Å². The van der Waals surface area contributed by atoms with E-state index in [1.165, 1.54) is 24.2 Å². The van der Waals surface area contributed by atoms with Gasteiger partial charge in [0.25, 0.3) is 5.91 Å². The van der Waals surface area contributed by atoms with Crippen molar-refractivity contribution in [2.45, 2.75) is 31.9 Å². The Hall–Kier alpha value is -4.44. The summed E-state index contributed by atoms with van der Waals surface area (Å²) in [6.45, 7) is 1.99. The van der Waals surface area contributed by atoms with Gasteiger partial charge in [-0.2, -0.15) is 0 Å². The maximum Gasteiger partial charge on any atom is 0.287 e. The zero-order chi connectivity index (χ0) is 26.9. The Morgan fingerprint density at radius 2 is 1.74 bits per heavy atom. The van der Waals surface area contributed by atoms with Gasteiger partial charge >= 0.3 is 0 Å². The molecule has 2 heterocycles. The Morgan fingerprint density at radius 1 is 0.974 bits per heavy atom. The zero-order valence-corrected chi connectivity index (χ0v) is 21.0. The van der Waals surface area contributed by atoms with Gasteiger partial charge in [-0.3, -0.25) is 24.1 Å². The van der Waals surface area contributed by atoms with Crippen molar-refractivity contribution in [1.82, 2.24) is 10.6 Å². The van der Waals surface area contributed by atoms with E-state index >= 15 is 0 Å². The second-order valence-electron chi connectivity index (χ2n) is 8.85. The maximum absolute atomic E-state index is 13.7. The molecule has 1 fully saturated rings. The van der Waals surface area contributed by atoms with Crippen molar-refractivity contribution < 1.29 is 28.3 Å². The van der Waals surface area contributed by atoms with Crippen LogP contribution in [0.1, 0.15) is 41.9 Å². The summed E-state index contributed by atoms with van der Waals surface area (Å²) in [6, 6.07) is 17.5. The molecule has 0 saturated carbocycles. The molecule has 3 N–H and O–H groups in total. The number of anilines is 2. The number of carbonyl (C=O) groups is 4. The summed E-state index contributed by atoms with van der Waals surface area (Å²) in [6.07, 6.45) is 3.07. The molecule has 0 aliphatic carbocycles. The summed E-state index contributed by atoms with van der Waals surface area (Å²) >= 11 is 0. The van der Waals surface area contributed by atoms with E-state index in [2.05, 4.69) is 16.0 Å². The third-order valence-electron chi connectivity index (χ3n) is 6.03. The average Bonchev–Trinajstić information content (AvgIpc) is 3.64. The van der Waals surface area contributed by atoms with Crippen molar-refractivity contribution in [2.24, 2.45) is 0 Å². The first-order valence-electron chi connectivity index (χ1n) is 12.4. The van der Waals surface area contributed by atoms with Crippen molar-refractivity contribution in [2.75, 3.05) is 29.9 Å². The second kappa shape index (κ2) is 12.7. The summed E-state index contributed by atoms with van der Waals surface area (Å²) in [7, 11) is 0. The van der Waals surface area contributed by atoms with Gasteiger partial charge in [0.1, 0.15) is 6.04 Å². The lowest BCUT2D eigenvalue weighted by Gasteiger charge is -2.32. The highest BCUT2D eigenvalue weighted by Crippen LogP contribution is 2.29. The average molecular weight is 519 g/mol.